The van der Waals surface area contributed by atoms with Crippen LogP contribution in [0.5, 0.6) is 0 Å². The van der Waals surface area contributed by atoms with Crippen molar-refractivity contribution in [3.05, 3.63) is 0 Å². The minimum atomic E-state index is -0.510. The number of hydrogen-bond acceptors (Lipinski definition) is 3. The Hall–Kier alpha value is -1.06. The Balaban J connectivity index is 0.00000312. The van der Waals surface area contributed by atoms with Crippen molar-refractivity contribution in [1.29, 1.82) is 0 Å². The second-order valence-corrected chi connectivity index (χ2v) is 7.62. The maximum Gasteiger partial charge on any atom is 0.227 e. The van der Waals surface area contributed by atoms with E-state index in [1.807, 2.05) is 20.8 Å². The van der Waals surface area contributed by atoms with Crippen LogP contribution in [0.3, 0.4) is 0 Å². The summed E-state index contributed by atoms with van der Waals surface area (Å²) >= 11 is 0. The summed E-state index contributed by atoms with van der Waals surface area (Å²) < 4.78 is 0. The number of carbonyl (C=O) groups excluding carboxylic acids is 2. The molecule has 1 unspecified atom stereocenters. The fourth-order valence-corrected chi connectivity index (χ4v) is 3.54. The van der Waals surface area contributed by atoms with Crippen LogP contribution in [0.2, 0.25) is 0 Å². The maximum absolute atomic E-state index is 12.1. The van der Waals surface area contributed by atoms with Crippen molar-refractivity contribution in [1.82, 2.24) is 20.9 Å². The van der Waals surface area contributed by atoms with Crippen LogP contribution >= 0.6 is 24.0 Å². The molecule has 2 aliphatic heterocycles. The van der Waals surface area contributed by atoms with Crippen LogP contribution in [0.4, 0.5) is 0 Å². The summed E-state index contributed by atoms with van der Waals surface area (Å²) in [4.78, 5) is 30.4. The summed E-state index contributed by atoms with van der Waals surface area (Å²) in [7, 11) is 1.76. The number of amides is 2. The van der Waals surface area contributed by atoms with Gasteiger partial charge in [0.2, 0.25) is 11.8 Å². The monoisotopic (exact) mass is 465 g/mol. The summed E-state index contributed by atoms with van der Waals surface area (Å²) in [5.74, 6) is 0.997. The molecular weight excluding hydrogens is 433 g/mol. The predicted octanol–water partition coefficient (Wildman–Crippen LogP) is 0.944. The van der Waals surface area contributed by atoms with Crippen LogP contribution in [0.1, 0.15) is 40.0 Å². The zero-order valence-corrected chi connectivity index (χ0v) is 18.1. The molecule has 0 bridgehead atoms. The van der Waals surface area contributed by atoms with Crippen LogP contribution in [0.15, 0.2) is 4.99 Å². The Kier molecular flexibility index (Phi) is 7.95. The highest BCUT2D eigenvalue weighted by Crippen LogP contribution is 2.36. The van der Waals surface area contributed by atoms with Crippen molar-refractivity contribution < 1.29 is 9.59 Å². The van der Waals surface area contributed by atoms with Gasteiger partial charge in [0, 0.05) is 51.6 Å². The molecule has 3 N–H and O–H groups in total. The van der Waals surface area contributed by atoms with Crippen molar-refractivity contribution in [2.24, 2.45) is 15.8 Å². The average Bonchev–Trinajstić information content (AvgIpc) is 2.88. The quantitative estimate of drug-likeness (QED) is 0.328. The number of aliphatic imine (C=N–C) groups is 1. The number of piperidine rings is 1. The van der Waals surface area contributed by atoms with E-state index in [1.54, 1.807) is 7.05 Å². The molecule has 7 nitrogen and oxygen atoms in total. The van der Waals surface area contributed by atoms with E-state index in [0.29, 0.717) is 19.5 Å². The van der Waals surface area contributed by atoms with Crippen LogP contribution in [0, 0.1) is 10.8 Å². The lowest BCUT2D eigenvalue weighted by molar-refractivity contribution is -0.129. The van der Waals surface area contributed by atoms with Gasteiger partial charge in [-0.15, -0.1) is 24.0 Å². The summed E-state index contributed by atoms with van der Waals surface area (Å²) in [5, 5.41) is 9.18. The summed E-state index contributed by atoms with van der Waals surface area (Å²) in [5.41, 5.74) is -0.480. The molecule has 0 aromatic rings. The molecule has 2 aliphatic rings. The fraction of sp³-hybridized carbons (Fsp3) is 0.824. The van der Waals surface area contributed by atoms with Crippen molar-refractivity contribution in [2.45, 2.75) is 40.0 Å². The van der Waals surface area contributed by atoms with E-state index in [9.17, 15) is 9.59 Å². The molecule has 1 atom stereocenters. The molecule has 2 fully saturated rings. The summed E-state index contributed by atoms with van der Waals surface area (Å²) in [6.07, 6.45) is 2.73. The lowest BCUT2D eigenvalue weighted by atomic mass is 9.79. The maximum atomic E-state index is 12.1. The third-order valence-electron chi connectivity index (χ3n) is 5.01. The van der Waals surface area contributed by atoms with Crippen molar-refractivity contribution in [2.75, 3.05) is 39.8 Å². The van der Waals surface area contributed by atoms with Crippen LogP contribution in [-0.4, -0.2) is 62.4 Å². The van der Waals surface area contributed by atoms with Gasteiger partial charge in [0.15, 0.2) is 5.96 Å². The van der Waals surface area contributed by atoms with E-state index < -0.39 is 5.41 Å². The normalized spacial score (nSPS) is 23.9. The molecule has 25 heavy (non-hydrogen) atoms. The van der Waals surface area contributed by atoms with Gasteiger partial charge in [0.25, 0.3) is 0 Å². The minimum absolute atomic E-state index is 0. The number of nitrogens with zero attached hydrogens (tertiary/aromatic N) is 2. The topological polar surface area (TPSA) is 85.8 Å². The van der Waals surface area contributed by atoms with Gasteiger partial charge in [-0.2, -0.15) is 0 Å². The van der Waals surface area contributed by atoms with Crippen LogP contribution in [0.25, 0.3) is 0 Å². The van der Waals surface area contributed by atoms with Gasteiger partial charge < -0.3 is 20.9 Å². The largest absolute Gasteiger partial charge is 0.356 e. The number of likely N-dealkylation sites (tertiary alicyclic amines) is 1. The zero-order chi connectivity index (χ0) is 17.8. The smallest absolute Gasteiger partial charge is 0.227 e. The first kappa shape index (κ1) is 22.0. The molecule has 0 saturated carbocycles. The van der Waals surface area contributed by atoms with Crippen molar-refractivity contribution in [3.8, 4) is 0 Å². The molecule has 144 valence electrons. The predicted molar refractivity (Wildman–Crippen MR) is 110 cm³/mol. The fourth-order valence-electron chi connectivity index (χ4n) is 3.54. The molecule has 1 spiro atoms. The summed E-state index contributed by atoms with van der Waals surface area (Å²) in [6, 6.07) is 0. The molecule has 0 aliphatic carbocycles. The lowest BCUT2D eigenvalue weighted by Gasteiger charge is -2.41. The zero-order valence-electron chi connectivity index (χ0n) is 15.8. The van der Waals surface area contributed by atoms with Gasteiger partial charge >= 0.3 is 0 Å². The number of rotatable bonds is 4. The molecular formula is C17H32IN5O2. The standard InChI is InChI=1S/C17H31N5O2.HI/c1-5-19-14(24)16(2,3)10-21-15(18-4)22-8-6-7-17(12-22)9-13(23)20-11-17;/h5-12H2,1-4H3,(H,18,21)(H,19,24)(H,20,23);1H. The van der Waals surface area contributed by atoms with Crippen molar-refractivity contribution in [3.63, 3.8) is 0 Å². The molecule has 2 heterocycles. The first-order valence-electron chi connectivity index (χ1n) is 8.82. The third kappa shape index (κ3) is 5.46. The Morgan fingerprint density at radius 1 is 1.40 bits per heavy atom. The highest BCUT2D eigenvalue weighted by Gasteiger charge is 2.42. The molecule has 8 heteroatoms. The van der Waals surface area contributed by atoms with Crippen LogP contribution < -0.4 is 16.0 Å². The van der Waals surface area contributed by atoms with Gasteiger partial charge in [-0.3, -0.25) is 14.6 Å². The number of nitrogens with one attached hydrogen (secondary N) is 3. The average molecular weight is 465 g/mol. The molecule has 0 radical (unpaired) electrons. The number of hydrogen-bond donors (Lipinski definition) is 3. The first-order valence-corrected chi connectivity index (χ1v) is 8.82. The minimum Gasteiger partial charge on any atom is -0.356 e. The van der Waals surface area contributed by atoms with E-state index in [1.165, 1.54) is 0 Å². The SMILES string of the molecule is CCNC(=O)C(C)(C)CNC(=NC)N1CCCC2(CNC(=O)C2)C1.I. The van der Waals surface area contributed by atoms with Gasteiger partial charge in [-0.1, -0.05) is 0 Å². The highest BCUT2D eigenvalue weighted by atomic mass is 127. The van der Waals surface area contributed by atoms with E-state index in [2.05, 4.69) is 25.8 Å². The van der Waals surface area contributed by atoms with Crippen molar-refractivity contribution >= 4 is 41.8 Å². The van der Waals surface area contributed by atoms with Gasteiger partial charge in [-0.05, 0) is 33.6 Å². The molecule has 0 aromatic heterocycles. The van der Waals surface area contributed by atoms with Gasteiger partial charge in [0.05, 0.1) is 5.41 Å². The molecule has 2 saturated heterocycles. The Morgan fingerprint density at radius 2 is 2.12 bits per heavy atom. The number of guanidine groups is 1. The molecule has 0 aromatic carbocycles. The molecule has 2 rings (SSSR count). The Labute approximate surface area is 167 Å². The summed E-state index contributed by atoms with van der Waals surface area (Å²) in [6.45, 7) is 9.43. The van der Waals surface area contributed by atoms with E-state index >= 15 is 0 Å². The van der Waals surface area contributed by atoms with Crippen LogP contribution in [-0.2, 0) is 9.59 Å². The lowest BCUT2D eigenvalue weighted by Crippen LogP contribution is -2.53. The second-order valence-electron chi connectivity index (χ2n) is 7.62. The highest BCUT2D eigenvalue weighted by molar-refractivity contribution is 14.0. The van der Waals surface area contributed by atoms with Gasteiger partial charge in [0.1, 0.15) is 0 Å². The third-order valence-corrected chi connectivity index (χ3v) is 5.01. The van der Waals surface area contributed by atoms with E-state index in [0.717, 1.165) is 38.4 Å². The van der Waals surface area contributed by atoms with Gasteiger partial charge in [-0.25, -0.2) is 0 Å². The molecule has 2 amide bonds. The van der Waals surface area contributed by atoms with E-state index in [-0.39, 0.29) is 41.2 Å². The van der Waals surface area contributed by atoms with E-state index in [4.69, 9.17) is 0 Å². The number of carbonyl (C=O) groups is 2. The number of halogens is 1. The second kappa shape index (κ2) is 9.05. The Bertz CT molecular complexity index is 523. The first-order chi connectivity index (χ1) is 11.3. The Morgan fingerprint density at radius 3 is 2.68 bits per heavy atom.